The summed E-state index contributed by atoms with van der Waals surface area (Å²) >= 11 is 0. The van der Waals surface area contributed by atoms with Crippen LogP contribution in [0.5, 0.6) is 5.75 Å². The Balaban J connectivity index is 1.75. The lowest BCUT2D eigenvalue weighted by atomic mass is 9.83. The van der Waals surface area contributed by atoms with Gasteiger partial charge in [0.2, 0.25) is 0 Å². The minimum Gasteiger partial charge on any atom is -0.426 e. The monoisotopic (exact) mass is 282 g/mol. The summed E-state index contributed by atoms with van der Waals surface area (Å²) < 4.78 is 5.30. The number of aromatic amines is 1. The van der Waals surface area contributed by atoms with Gasteiger partial charge in [-0.25, -0.2) is 4.98 Å². The summed E-state index contributed by atoms with van der Waals surface area (Å²) in [5.41, 5.74) is 3.41. The molecule has 0 saturated heterocycles. The second kappa shape index (κ2) is 5.95. The van der Waals surface area contributed by atoms with Crippen molar-refractivity contribution in [1.82, 2.24) is 9.97 Å². The van der Waals surface area contributed by atoms with Crippen molar-refractivity contribution in [2.45, 2.75) is 26.2 Å². The molecular formula is C17H18N2O2. The number of hydrogen-bond acceptors (Lipinski definition) is 3. The maximum Gasteiger partial charge on any atom is 0.308 e. The van der Waals surface area contributed by atoms with E-state index < -0.39 is 0 Å². The highest BCUT2D eigenvalue weighted by Crippen LogP contribution is 2.33. The Kier molecular flexibility index (Phi) is 3.86. The van der Waals surface area contributed by atoms with Gasteiger partial charge < -0.3 is 9.72 Å². The minimum absolute atomic E-state index is 0.260. The van der Waals surface area contributed by atoms with E-state index in [0.717, 1.165) is 30.7 Å². The number of carbonyl (C=O) groups excluding carboxylic acids is 1. The lowest BCUT2D eigenvalue weighted by Crippen LogP contribution is -2.14. The van der Waals surface area contributed by atoms with E-state index in [2.05, 4.69) is 28.2 Å². The standard InChI is InChI=1S/C17H18N2O2/c1-12(20)21-17-4-2-3-14-9-13(6-8-16(14)17)5-7-15-10-18-11-19-15/h2-5,7,10-11,13H,6,8-9H2,1H3,(H,18,19). The van der Waals surface area contributed by atoms with E-state index in [1.165, 1.54) is 18.1 Å². The van der Waals surface area contributed by atoms with Crippen LogP contribution in [0, 0.1) is 5.92 Å². The summed E-state index contributed by atoms with van der Waals surface area (Å²) in [5, 5.41) is 0. The van der Waals surface area contributed by atoms with Crippen LogP contribution in [0.25, 0.3) is 6.08 Å². The number of esters is 1. The fourth-order valence-corrected chi connectivity index (χ4v) is 2.81. The van der Waals surface area contributed by atoms with Gasteiger partial charge in [0.1, 0.15) is 5.75 Å². The third-order valence-corrected chi connectivity index (χ3v) is 3.79. The number of nitrogens with zero attached hydrogens (tertiary/aromatic N) is 1. The van der Waals surface area contributed by atoms with Gasteiger partial charge in [-0.3, -0.25) is 4.79 Å². The molecular weight excluding hydrogens is 264 g/mol. The molecule has 108 valence electrons. The van der Waals surface area contributed by atoms with E-state index >= 15 is 0 Å². The number of allylic oxidation sites excluding steroid dienone is 1. The highest BCUT2D eigenvalue weighted by atomic mass is 16.5. The Bertz CT molecular complexity index is 659. The van der Waals surface area contributed by atoms with Crippen LogP contribution in [0.1, 0.15) is 30.2 Å². The molecule has 1 unspecified atom stereocenters. The van der Waals surface area contributed by atoms with Gasteiger partial charge in [0, 0.05) is 13.1 Å². The zero-order valence-electron chi connectivity index (χ0n) is 12.0. The number of nitrogens with one attached hydrogen (secondary N) is 1. The highest BCUT2D eigenvalue weighted by Gasteiger charge is 2.20. The summed E-state index contributed by atoms with van der Waals surface area (Å²) in [7, 11) is 0. The number of hydrogen-bond donors (Lipinski definition) is 1. The minimum atomic E-state index is -0.260. The van der Waals surface area contributed by atoms with E-state index in [1.807, 2.05) is 18.3 Å². The van der Waals surface area contributed by atoms with Gasteiger partial charge in [0.05, 0.1) is 12.0 Å². The van der Waals surface area contributed by atoms with Crippen LogP contribution in [0.2, 0.25) is 0 Å². The third kappa shape index (κ3) is 3.21. The quantitative estimate of drug-likeness (QED) is 0.695. The summed E-state index contributed by atoms with van der Waals surface area (Å²) in [6, 6.07) is 5.95. The second-order valence-corrected chi connectivity index (χ2v) is 5.34. The predicted octanol–water partition coefficient (Wildman–Crippen LogP) is 3.15. The van der Waals surface area contributed by atoms with Gasteiger partial charge in [-0.2, -0.15) is 0 Å². The summed E-state index contributed by atoms with van der Waals surface area (Å²) in [5.74, 6) is 0.959. The summed E-state index contributed by atoms with van der Waals surface area (Å²) in [6.45, 7) is 1.44. The number of aromatic nitrogens is 2. The van der Waals surface area contributed by atoms with Crippen molar-refractivity contribution < 1.29 is 9.53 Å². The molecule has 0 bridgehead atoms. The first-order valence-electron chi connectivity index (χ1n) is 7.18. The van der Waals surface area contributed by atoms with Crippen molar-refractivity contribution in [3.8, 4) is 5.75 Å². The molecule has 1 atom stereocenters. The predicted molar refractivity (Wildman–Crippen MR) is 80.9 cm³/mol. The van der Waals surface area contributed by atoms with Gasteiger partial charge in [0.25, 0.3) is 0 Å². The van der Waals surface area contributed by atoms with Crippen molar-refractivity contribution in [3.05, 3.63) is 53.6 Å². The van der Waals surface area contributed by atoms with E-state index in [4.69, 9.17) is 4.74 Å². The second-order valence-electron chi connectivity index (χ2n) is 5.34. The Labute approximate surface area is 123 Å². The summed E-state index contributed by atoms with van der Waals surface area (Å²) in [6.07, 6.45) is 10.8. The molecule has 1 aromatic carbocycles. The Hall–Kier alpha value is -2.36. The molecule has 0 radical (unpaired) electrons. The molecule has 0 fully saturated rings. The number of fused-ring (bicyclic) bond motifs is 1. The molecule has 4 nitrogen and oxygen atoms in total. The molecule has 1 heterocycles. The van der Waals surface area contributed by atoms with Crippen LogP contribution < -0.4 is 4.74 Å². The van der Waals surface area contributed by atoms with Gasteiger partial charge in [-0.1, -0.05) is 18.2 Å². The number of ether oxygens (including phenoxy) is 1. The van der Waals surface area contributed by atoms with Gasteiger partial charge in [-0.15, -0.1) is 0 Å². The van der Waals surface area contributed by atoms with E-state index in [-0.39, 0.29) is 5.97 Å². The van der Waals surface area contributed by atoms with Crippen LogP contribution in [0.3, 0.4) is 0 Å². The molecule has 0 saturated carbocycles. The Morgan fingerprint density at radius 3 is 3.14 bits per heavy atom. The Morgan fingerprint density at radius 2 is 2.38 bits per heavy atom. The van der Waals surface area contributed by atoms with Crippen molar-refractivity contribution >= 4 is 12.0 Å². The van der Waals surface area contributed by atoms with E-state index in [9.17, 15) is 4.79 Å². The summed E-state index contributed by atoms with van der Waals surface area (Å²) in [4.78, 5) is 18.3. The van der Waals surface area contributed by atoms with Crippen molar-refractivity contribution in [1.29, 1.82) is 0 Å². The fourth-order valence-electron chi connectivity index (χ4n) is 2.81. The molecule has 0 amide bonds. The molecule has 21 heavy (non-hydrogen) atoms. The van der Waals surface area contributed by atoms with Crippen LogP contribution in [0.4, 0.5) is 0 Å². The largest absolute Gasteiger partial charge is 0.426 e. The molecule has 4 heteroatoms. The lowest BCUT2D eigenvalue weighted by Gasteiger charge is -2.23. The van der Waals surface area contributed by atoms with Crippen molar-refractivity contribution in [2.24, 2.45) is 5.92 Å². The highest BCUT2D eigenvalue weighted by molar-refractivity contribution is 5.70. The average molecular weight is 282 g/mol. The number of carbonyl (C=O) groups is 1. The van der Waals surface area contributed by atoms with Crippen LogP contribution >= 0.6 is 0 Å². The first-order chi connectivity index (χ1) is 10.2. The zero-order chi connectivity index (χ0) is 14.7. The maximum absolute atomic E-state index is 11.2. The molecule has 1 aliphatic carbocycles. The average Bonchev–Trinajstić information content (AvgIpc) is 2.98. The Morgan fingerprint density at radius 1 is 1.48 bits per heavy atom. The third-order valence-electron chi connectivity index (χ3n) is 3.79. The molecule has 3 rings (SSSR count). The first-order valence-corrected chi connectivity index (χ1v) is 7.18. The van der Waals surface area contributed by atoms with Crippen molar-refractivity contribution in [3.63, 3.8) is 0 Å². The van der Waals surface area contributed by atoms with Gasteiger partial charge in [0.15, 0.2) is 0 Å². The number of benzene rings is 1. The molecule has 0 aliphatic heterocycles. The van der Waals surface area contributed by atoms with E-state index in [0.29, 0.717) is 5.92 Å². The van der Waals surface area contributed by atoms with Crippen LogP contribution in [0.15, 0.2) is 36.8 Å². The van der Waals surface area contributed by atoms with Gasteiger partial charge >= 0.3 is 5.97 Å². The molecule has 0 spiro atoms. The van der Waals surface area contributed by atoms with Gasteiger partial charge in [-0.05, 0) is 48.4 Å². The molecule has 1 N–H and O–H groups in total. The SMILES string of the molecule is CC(=O)Oc1cccc2c1CCC(C=Cc1c[nH]cn1)C2. The van der Waals surface area contributed by atoms with E-state index in [1.54, 1.807) is 6.33 Å². The number of imidazole rings is 1. The normalized spacial score (nSPS) is 17.7. The van der Waals surface area contributed by atoms with Crippen LogP contribution in [-0.2, 0) is 17.6 Å². The smallest absolute Gasteiger partial charge is 0.308 e. The van der Waals surface area contributed by atoms with Crippen LogP contribution in [-0.4, -0.2) is 15.9 Å². The number of rotatable bonds is 3. The molecule has 2 aromatic rings. The first kappa shape index (κ1) is 13.6. The zero-order valence-corrected chi connectivity index (χ0v) is 12.0. The topological polar surface area (TPSA) is 55.0 Å². The number of H-pyrrole nitrogens is 1. The fraction of sp³-hybridized carbons (Fsp3) is 0.294. The molecule has 1 aromatic heterocycles. The lowest BCUT2D eigenvalue weighted by molar-refractivity contribution is -0.131. The van der Waals surface area contributed by atoms with Crippen molar-refractivity contribution in [2.75, 3.05) is 0 Å². The molecule has 1 aliphatic rings. The maximum atomic E-state index is 11.2.